The van der Waals surface area contributed by atoms with Crippen molar-refractivity contribution in [3.63, 3.8) is 0 Å². The smallest absolute Gasteiger partial charge is 0.339 e. The first-order chi connectivity index (χ1) is 10.6. The number of methoxy groups -OCH3 is 1. The van der Waals surface area contributed by atoms with E-state index in [9.17, 15) is 4.79 Å². The van der Waals surface area contributed by atoms with Crippen molar-refractivity contribution < 1.29 is 9.53 Å². The molecule has 3 rings (SSSR count). The van der Waals surface area contributed by atoms with Gasteiger partial charge in [0.25, 0.3) is 0 Å². The van der Waals surface area contributed by atoms with Crippen LogP contribution in [0, 0.1) is 0 Å². The second-order valence-electron chi connectivity index (χ2n) is 4.86. The number of carbonyl (C=O) groups excluding carboxylic acids is 1. The molecule has 6 heteroatoms. The molecule has 0 unspecified atom stereocenters. The fourth-order valence-corrected chi connectivity index (χ4v) is 4.23. The fourth-order valence-electron chi connectivity index (χ4n) is 2.37. The molecule has 0 radical (unpaired) electrons. The molecule has 1 fully saturated rings. The number of rotatable bonds is 4. The molecule has 0 spiro atoms. The molecule has 2 aromatic rings. The van der Waals surface area contributed by atoms with Crippen molar-refractivity contribution in [2.45, 2.75) is 15.8 Å². The van der Waals surface area contributed by atoms with E-state index in [4.69, 9.17) is 27.9 Å². The van der Waals surface area contributed by atoms with E-state index in [0.717, 1.165) is 10.5 Å². The number of halogens is 2. The minimum atomic E-state index is -0.898. The zero-order chi connectivity index (χ0) is 15.7. The van der Waals surface area contributed by atoms with Crippen LogP contribution in [0.2, 0.25) is 10.0 Å². The molecule has 22 heavy (non-hydrogen) atoms. The Kier molecular flexibility index (Phi) is 4.37. The van der Waals surface area contributed by atoms with E-state index >= 15 is 0 Å². The number of ether oxygens (including phenoxy) is 1. The molecular weight excluding hydrogens is 341 g/mol. The van der Waals surface area contributed by atoms with Crippen LogP contribution in [0.4, 0.5) is 0 Å². The van der Waals surface area contributed by atoms with Gasteiger partial charge in [0.05, 0.1) is 13.2 Å². The molecule has 1 aliphatic rings. The van der Waals surface area contributed by atoms with E-state index in [1.807, 2.05) is 30.3 Å². The van der Waals surface area contributed by atoms with Crippen LogP contribution in [0.3, 0.4) is 0 Å². The maximum Gasteiger partial charge on any atom is 0.339 e. The number of hydrogen-bond donors (Lipinski definition) is 1. The average Bonchev–Trinajstić information content (AvgIpc) is 3.22. The topological polar surface area (TPSA) is 48.2 Å². The van der Waals surface area contributed by atoms with Gasteiger partial charge >= 0.3 is 5.97 Å². The normalized spacial score (nSPS) is 23.1. The molecule has 2 atom stereocenters. The lowest BCUT2D eigenvalue weighted by atomic mass is 10.1. The fraction of sp³-hybridized carbons (Fsp3) is 0.188. The zero-order valence-corrected chi connectivity index (χ0v) is 14.0. The van der Waals surface area contributed by atoms with E-state index in [2.05, 4.69) is 5.32 Å². The first-order valence-electron chi connectivity index (χ1n) is 6.62. The van der Waals surface area contributed by atoms with Crippen LogP contribution >= 0.6 is 35.0 Å². The summed E-state index contributed by atoms with van der Waals surface area (Å²) in [5.74, 6) is -0.345. The molecule has 1 N–H and O–H groups in total. The Bertz CT molecular complexity index is 690. The quantitative estimate of drug-likeness (QED) is 0.657. The van der Waals surface area contributed by atoms with Crippen molar-refractivity contribution in [2.24, 2.45) is 0 Å². The SMILES string of the molecule is COC(=O)[C@]1(Sc2ccccc2)N[C@@H]1c1c(Cl)cccc1Cl. The molecule has 0 aromatic heterocycles. The van der Waals surface area contributed by atoms with Crippen LogP contribution in [-0.4, -0.2) is 18.0 Å². The summed E-state index contributed by atoms with van der Waals surface area (Å²) in [6.07, 6.45) is 0. The van der Waals surface area contributed by atoms with Gasteiger partial charge in [0.15, 0.2) is 4.87 Å². The lowest BCUT2D eigenvalue weighted by molar-refractivity contribution is -0.141. The summed E-state index contributed by atoms with van der Waals surface area (Å²) in [6, 6.07) is 14.7. The number of nitrogens with one attached hydrogen (secondary N) is 1. The predicted octanol–water partition coefficient (Wildman–Crippen LogP) is 4.30. The lowest BCUT2D eigenvalue weighted by Crippen LogP contribution is -2.26. The van der Waals surface area contributed by atoms with Crippen molar-refractivity contribution in [1.29, 1.82) is 0 Å². The summed E-state index contributed by atoms with van der Waals surface area (Å²) in [4.78, 5) is 12.4. The molecule has 0 saturated carbocycles. The van der Waals surface area contributed by atoms with Gasteiger partial charge in [-0.2, -0.15) is 0 Å². The molecule has 0 bridgehead atoms. The molecule has 114 valence electrons. The van der Waals surface area contributed by atoms with Gasteiger partial charge in [-0.05, 0) is 24.3 Å². The average molecular weight is 354 g/mol. The Hall–Kier alpha value is -1.20. The molecule has 0 aliphatic carbocycles. The molecule has 1 heterocycles. The molecular formula is C16H13Cl2NO2S. The van der Waals surface area contributed by atoms with E-state index in [0.29, 0.717) is 10.0 Å². The third kappa shape index (κ3) is 2.72. The van der Waals surface area contributed by atoms with Crippen molar-refractivity contribution in [1.82, 2.24) is 5.32 Å². The van der Waals surface area contributed by atoms with E-state index < -0.39 is 4.87 Å². The Morgan fingerprint density at radius 2 is 1.77 bits per heavy atom. The molecule has 2 aromatic carbocycles. The zero-order valence-electron chi connectivity index (χ0n) is 11.7. The Morgan fingerprint density at radius 3 is 2.36 bits per heavy atom. The highest BCUT2D eigenvalue weighted by Crippen LogP contribution is 2.55. The second-order valence-corrected chi connectivity index (χ2v) is 6.99. The van der Waals surface area contributed by atoms with Crippen LogP contribution in [-0.2, 0) is 9.53 Å². The molecule has 1 aliphatic heterocycles. The van der Waals surface area contributed by atoms with Gasteiger partial charge in [0, 0.05) is 20.5 Å². The molecule has 3 nitrogen and oxygen atoms in total. The first kappa shape index (κ1) is 15.7. The molecule has 1 saturated heterocycles. The summed E-state index contributed by atoms with van der Waals surface area (Å²) >= 11 is 13.9. The van der Waals surface area contributed by atoms with Gasteiger partial charge in [-0.1, -0.05) is 59.2 Å². The third-order valence-corrected chi connectivity index (χ3v) is 5.49. The number of esters is 1. The predicted molar refractivity (Wildman–Crippen MR) is 89.4 cm³/mol. The Labute approximate surface area is 142 Å². The maximum atomic E-state index is 12.3. The van der Waals surface area contributed by atoms with Crippen molar-refractivity contribution in [2.75, 3.05) is 7.11 Å². The highest BCUT2D eigenvalue weighted by atomic mass is 35.5. The monoisotopic (exact) mass is 353 g/mol. The maximum absolute atomic E-state index is 12.3. The van der Waals surface area contributed by atoms with Crippen molar-refractivity contribution >= 4 is 40.9 Å². The van der Waals surface area contributed by atoms with Gasteiger partial charge < -0.3 is 4.74 Å². The number of thioether (sulfide) groups is 1. The van der Waals surface area contributed by atoms with Gasteiger partial charge in [-0.3, -0.25) is 5.32 Å². The summed E-state index contributed by atoms with van der Waals surface area (Å²) in [5, 5.41) is 4.26. The van der Waals surface area contributed by atoms with E-state index in [1.165, 1.54) is 18.9 Å². The van der Waals surface area contributed by atoms with Crippen LogP contribution in [0.1, 0.15) is 11.6 Å². The standard InChI is InChI=1S/C16H13Cl2NO2S/c1-21-15(20)16(22-10-6-3-2-4-7-10)14(19-16)13-11(17)8-5-9-12(13)18/h2-9,14,19H,1H3/t14-,16+/m1/s1. The number of benzene rings is 2. The summed E-state index contributed by atoms with van der Waals surface area (Å²) < 4.78 is 4.97. The minimum Gasteiger partial charge on any atom is -0.467 e. The van der Waals surface area contributed by atoms with E-state index in [1.54, 1.807) is 18.2 Å². The van der Waals surface area contributed by atoms with Crippen LogP contribution in [0.15, 0.2) is 53.4 Å². The van der Waals surface area contributed by atoms with Gasteiger partial charge in [0.1, 0.15) is 0 Å². The van der Waals surface area contributed by atoms with Crippen LogP contribution in [0.25, 0.3) is 0 Å². The molecule has 0 amide bonds. The number of hydrogen-bond acceptors (Lipinski definition) is 4. The van der Waals surface area contributed by atoms with E-state index in [-0.39, 0.29) is 12.0 Å². The largest absolute Gasteiger partial charge is 0.467 e. The Morgan fingerprint density at radius 1 is 1.14 bits per heavy atom. The minimum absolute atomic E-state index is 0.286. The highest BCUT2D eigenvalue weighted by Gasteiger charge is 2.63. The number of carbonyl (C=O) groups is 1. The van der Waals surface area contributed by atoms with Crippen molar-refractivity contribution in [3.8, 4) is 0 Å². The first-order valence-corrected chi connectivity index (χ1v) is 8.20. The second kappa shape index (κ2) is 6.13. The van der Waals surface area contributed by atoms with Gasteiger partial charge in [-0.25, -0.2) is 4.79 Å². The Balaban J connectivity index is 1.96. The van der Waals surface area contributed by atoms with Crippen LogP contribution < -0.4 is 5.32 Å². The summed E-state index contributed by atoms with van der Waals surface area (Å²) in [5.41, 5.74) is 0.722. The lowest BCUT2D eigenvalue weighted by Gasteiger charge is -2.13. The van der Waals surface area contributed by atoms with Crippen LogP contribution in [0.5, 0.6) is 0 Å². The van der Waals surface area contributed by atoms with Gasteiger partial charge in [0.2, 0.25) is 0 Å². The van der Waals surface area contributed by atoms with Gasteiger partial charge in [-0.15, -0.1) is 0 Å². The van der Waals surface area contributed by atoms with Crippen molar-refractivity contribution in [3.05, 3.63) is 64.1 Å². The summed E-state index contributed by atoms with van der Waals surface area (Å²) in [7, 11) is 1.38. The third-order valence-electron chi connectivity index (χ3n) is 3.48. The summed E-state index contributed by atoms with van der Waals surface area (Å²) in [6.45, 7) is 0. The highest BCUT2D eigenvalue weighted by molar-refractivity contribution is 8.01.